The van der Waals surface area contributed by atoms with Gasteiger partial charge in [0.1, 0.15) is 10.6 Å². The van der Waals surface area contributed by atoms with Crippen LogP contribution < -0.4 is 9.46 Å². The summed E-state index contributed by atoms with van der Waals surface area (Å²) in [7, 11) is -2.55. The van der Waals surface area contributed by atoms with Crippen LogP contribution in [0.4, 0.5) is 5.69 Å². The highest BCUT2D eigenvalue weighted by molar-refractivity contribution is 7.92. The first-order chi connectivity index (χ1) is 13.3. The second kappa shape index (κ2) is 8.41. The number of rotatable bonds is 5. The number of amides is 1. The third kappa shape index (κ3) is 4.42. The highest BCUT2D eigenvalue weighted by Crippen LogP contribution is 2.30. The standard InChI is InChI=1S/C20H23ClN2O4S/c1-14-6-5-11-23(13-14)20(24)15-9-10-16(21)19(12-15)28(25,26)22-17-7-3-4-8-18(17)27-2/h3-4,7-10,12,14,22H,5-6,11,13H2,1-2H3. The Balaban J connectivity index is 1.91. The number of carbonyl (C=O) groups is 1. The first kappa shape index (κ1) is 20.5. The van der Waals surface area contributed by atoms with Crippen LogP contribution in [0.1, 0.15) is 30.1 Å². The van der Waals surface area contributed by atoms with Gasteiger partial charge in [0.2, 0.25) is 0 Å². The monoisotopic (exact) mass is 422 g/mol. The molecular formula is C20H23ClN2O4S. The third-order valence-electron chi connectivity index (χ3n) is 4.76. The number of benzene rings is 2. The molecule has 1 aliphatic rings. The van der Waals surface area contributed by atoms with E-state index in [9.17, 15) is 13.2 Å². The second-order valence-corrected chi connectivity index (χ2v) is 9.01. The van der Waals surface area contributed by atoms with Gasteiger partial charge < -0.3 is 9.64 Å². The number of piperidine rings is 1. The molecule has 0 bridgehead atoms. The zero-order valence-corrected chi connectivity index (χ0v) is 17.4. The Hall–Kier alpha value is -2.25. The minimum atomic E-state index is -4.01. The van der Waals surface area contributed by atoms with E-state index in [0.717, 1.165) is 12.8 Å². The number of hydrogen-bond donors (Lipinski definition) is 1. The molecule has 8 heteroatoms. The normalized spacial score (nSPS) is 17.2. The molecule has 28 heavy (non-hydrogen) atoms. The summed E-state index contributed by atoms with van der Waals surface area (Å²) in [6.07, 6.45) is 2.04. The topological polar surface area (TPSA) is 75.7 Å². The number of sulfonamides is 1. The Kier molecular flexibility index (Phi) is 6.15. The Morgan fingerprint density at radius 1 is 1.25 bits per heavy atom. The SMILES string of the molecule is COc1ccccc1NS(=O)(=O)c1cc(C(=O)N2CCCC(C)C2)ccc1Cl. The molecule has 1 atom stereocenters. The van der Waals surface area contributed by atoms with Crippen LogP contribution in [0.5, 0.6) is 5.75 Å². The summed E-state index contributed by atoms with van der Waals surface area (Å²) in [6, 6.07) is 11.0. The quantitative estimate of drug-likeness (QED) is 0.789. The minimum Gasteiger partial charge on any atom is -0.495 e. The molecule has 0 aliphatic carbocycles. The minimum absolute atomic E-state index is 0.0472. The maximum Gasteiger partial charge on any atom is 0.263 e. The van der Waals surface area contributed by atoms with Crippen molar-refractivity contribution in [1.29, 1.82) is 0 Å². The molecule has 0 radical (unpaired) electrons. The maximum absolute atomic E-state index is 12.9. The van der Waals surface area contributed by atoms with E-state index in [4.69, 9.17) is 16.3 Å². The number of hydrogen-bond acceptors (Lipinski definition) is 4. The molecule has 3 rings (SSSR count). The van der Waals surface area contributed by atoms with Gasteiger partial charge in [0.05, 0.1) is 17.8 Å². The molecule has 0 spiro atoms. The van der Waals surface area contributed by atoms with Gasteiger partial charge in [-0.2, -0.15) is 0 Å². The lowest BCUT2D eigenvalue weighted by Gasteiger charge is -2.31. The summed E-state index contributed by atoms with van der Waals surface area (Å²) in [6.45, 7) is 3.45. The van der Waals surface area contributed by atoms with Crippen LogP contribution in [-0.2, 0) is 10.0 Å². The molecule has 1 fully saturated rings. The van der Waals surface area contributed by atoms with E-state index >= 15 is 0 Å². The summed E-state index contributed by atoms with van der Waals surface area (Å²) in [5, 5.41) is 0.0472. The lowest BCUT2D eigenvalue weighted by Crippen LogP contribution is -2.39. The number of likely N-dealkylation sites (tertiary alicyclic amines) is 1. The van der Waals surface area contributed by atoms with Crippen molar-refractivity contribution < 1.29 is 17.9 Å². The Morgan fingerprint density at radius 2 is 2.00 bits per heavy atom. The maximum atomic E-state index is 12.9. The first-order valence-electron chi connectivity index (χ1n) is 9.06. The van der Waals surface area contributed by atoms with Gasteiger partial charge in [-0.15, -0.1) is 0 Å². The van der Waals surface area contributed by atoms with Crippen LogP contribution in [0.15, 0.2) is 47.4 Å². The van der Waals surface area contributed by atoms with Gasteiger partial charge in [-0.05, 0) is 49.1 Å². The number of methoxy groups -OCH3 is 1. The summed E-state index contributed by atoms with van der Waals surface area (Å²) in [4.78, 5) is 14.5. The van der Waals surface area contributed by atoms with E-state index < -0.39 is 10.0 Å². The lowest BCUT2D eigenvalue weighted by atomic mass is 9.99. The molecule has 2 aromatic carbocycles. The van der Waals surface area contributed by atoms with Gasteiger partial charge in [-0.1, -0.05) is 30.7 Å². The average molecular weight is 423 g/mol. The second-order valence-electron chi connectivity index (χ2n) is 6.95. The van der Waals surface area contributed by atoms with Crippen LogP contribution in [0.2, 0.25) is 5.02 Å². The van der Waals surface area contributed by atoms with Crippen molar-refractivity contribution in [3.63, 3.8) is 0 Å². The van der Waals surface area contributed by atoms with Crippen LogP contribution in [0.3, 0.4) is 0 Å². The molecular weight excluding hydrogens is 400 g/mol. The first-order valence-corrected chi connectivity index (χ1v) is 10.9. The number of nitrogens with zero attached hydrogens (tertiary/aromatic N) is 1. The molecule has 6 nitrogen and oxygen atoms in total. The van der Waals surface area contributed by atoms with Crippen molar-refractivity contribution >= 4 is 33.2 Å². The summed E-state index contributed by atoms with van der Waals surface area (Å²) in [5.74, 6) is 0.633. The Morgan fingerprint density at radius 3 is 2.71 bits per heavy atom. The number of carbonyl (C=O) groups excluding carboxylic acids is 1. The molecule has 1 unspecified atom stereocenters. The van der Waals surface area contributed by atoms with Gasteiger partial charge in [-0.25, -0.2) is 8.42 Å². The Labute approximate surface area is 170 Å². The number of halogens is 1. The van der Waals surface area contributed by atoms with Crippen LogP contribution in [0, 0.1) is 5.92 Å². The van der Waals surface area contributed by atoms with Gasteiger partial charge in [0.25, 0.3) is 15.9 Å². The molecule has 1 N–H and O–H groups in total. The van der Waals surface area contributed by atoms with E-state index in [0.29, 0.717) is 36.0 Å². The fraction of sp³-hybridized carbons (Fsp3) is 0.350. The smallest absolute Gasteiger partial charge is 0.263 e. The molecule has 0 aromatic heterocycles. The van der Waals surface area contributed by atoms with Gasteiger partial charge in [0, 0.05) is 18.7 Å². The molecule has 1 amide bonds. The van der Waals surface area contributed by atoms with Gasteiger partial charge >= 0.3 is 0 Å². The number of anilines is 1. The van der Waals surface area contributed by atoms with Crippen molar-refractivity contribution in [2.24, 2.45) is 5.92 Å². The fourth-order valence-corrected chi connectivity index (χ4v) is 4.92. The van der Waals surface area contributed by atoms with Crippen LogP contribution >= 0.6 is 11.6 Å². The summed E-state index contributed by atoms with van der Waals surface area (Å²) >= 11 is 6.16. The van der Waals surface area contributed by atoms with Crippen LogP contribution in [0.25, 0.3) is 0 Å². The molecule has 2 aromatic rings. The molecule has 1 saturated heterocycles. The van der Waals surface area contributed by atoms with Crippen molar-refractivity contribution in [1.82, 2.24) is 4.90 Å². The van der Waals surface area contributed by atoms with Crippen molar-refractivity contribution in [2.75, 3.05) is 24.9 Å². The van der Waals surface area contributed by atoms with Crippen LogP contribution in [-0.4, -0.2) is 39.4 Å². The number of nitrogens with one attached hydrogen (secondary N) is 1. The highest BCUT2D eigenvalue weighted by Gasteiger charge is 2.25. The van der Waals surface area contributed by atoms with E-state index in [-0.39, 0.29) is 15.8 Å². The zero-order chi connectivity index (χ0) is 20.3. The van der Waals surface area contributed by atoms with Crippen molar-refractivity contribution in [3.8, 4) is 5.75 Å². The Bertz CT molecular complexity index is 978. The largest absolute Gasteiger partial charge is 0.495 e. The molecule has 150 valence electrons. The number of para-hydroxylation sites is 2. The average Bonchev–Trinajstić information content (AvgIpc) is 2.68. The van der Waals surface area contributed by atoms with Gasteiger partial charge in [-0.3, -0.25) is 9.52 Å². The summed E-state index contributed by atoms with van der Waals surface area (Å²) in [5.41, 5.74) is 0.599. The zero-order valence-electron chi connectivity index (χ0n) is 15.8. The third-order valence-corrected chi connectivity index (χ3v) is 6.61. The number of ether oxygens (including phenoxy) is 1. The van der Waals surface area contributed by atoms with Crippen molar-refractivity contribution in [2.45, 2.75) is 24.7 Å². The van der Waals surface area contributed by atoms with Gasteiger partial charge in [0.15, 0.2) is 0 Å². The molecule has 1 heterocycles. The lowest BCUT2D eigenvalue weighted by molar-refractivity contribution is 0.0683. The van der Waals surface area contributed by atoms with E-state index in [1.54, 1.807) is 35.2 Å². The van der Waals surface area contributed by atoms with E-state index in [2.05, 4.69) is 11.6 Å². The van der Waals surface area contributed by atoms with E-state index in [1.165, 1.54) is 19.2 Å². The highest BCUT2D eigenvalue weighted by atomic mass is 35.5. The molecule has 1 aliphatic heterocycles. The predicted octanol–water partition coefficient (Wildman–Crippen LogP) is 4.02. The predicted molar refractivity (Wildman–Crippen MR) is 110 cm³/mol. The molecule has 0 saturated carbocycles. The fourth-order valence-electron chi connectivity index (χ4n) is 3.33. The van der Waals surface area contributed by atoms with E-state index in [1.807, 2.05) is 0 Å². The van der Waals surface area contributed by atoms with Crippen molar-refractivity contribution in [3.05, 3.63) is 53.1 Å². The summed E-state index contributed by atoms with van der Waals surface area (Å²) < 4.78 is 33.5.